The SMILES string of the molecule is CC(C)C[C@H](NC(=O)[C@H](CCCN/C(N)=N/[N+](=O)[O-])NC(=O)C(CCCCCCCCC#N)C1CCCC1)B1OC(C)(C)C(C)(C)O1. The highest BCUT2D eigenvalue weighted by molar-refractivity contribution is 6.48. The lowest BCUT2D eigenvalue weighted by Crippen LogP contribution is -2.56. The van der Waals surface area contributed by atoms with Crippen LogP contribution in [0, 0.1) is 39.2 Å². The quantitative estimate of drug-likeness (QED) is 0.0328. The minimum atomic E-state index is -0.874. The van der Waals surface area contributed by atoms with E-state index in [1.807, 2.05) is 27.7 Å². The number of carbonyl (C=O) groups is 2. The van der Waals surface area contributed by atoms with Crippen molar-refractivity contribution in [2.75, 3.05) is 6.54 Å². The van der Waals surface area contributed by atoms with E-state index < -0.39 is 35.3 Å². The number of unbranched alkanes of at least 4 members (excludes halogenated alkanes) is 6. The van der Waals surface area contributed by atoms with E-state index in [0.29, 0.717) is 31.6 Å². The summed E-state index contributed by atoms with van der Waals surface area (Å²) in [5.41, 5.74) is 4.45. The van der Waals surface area contributed by atoms with Gasteiger partial charge in [0.25, 0.3) is 5.96 Å². The van der Waals surface area contributed by atoms with E-state index in [9.17, 15) is 19.7 Å². The molecule has 1 aliphatic heterocycles. The Balaban J connectivity index is 2.15. The molecule has 266 valence electrons. The molecule has 2 amide bonds. The van der Waals surface area contributed by atoms with Crippen LogP contribution in [-0.2, 0) is 18.9 Å². The zero-order chi connectivity index (χ0) is 35.0. The molecule has 2 fully saturated rings. The van der Waals surface area contributed by atoms with E-state index in [-0.39, 0.29) is 36.2 Å². The molecule has 1 heterocycles. The van der Waals surface area contributed by atoms with Crippen LogP contribution in [0.2, 0.25) is 0 Å². The Morgan fingerprint density at radius 3 is 2.15 bits per heavy atom. The Kier molecular flexibility index (Phi) is 17.0. The molecule has 0 spiro atoms. The van der Waals surface area contributed by atoms with E-state index in [2.05, 4.69) is 41.0 Å². The van der Waals surface area contributed by atoms with E-state index >= 15 is 0 Å². The van der Waals surface area contributed by atoms with Crippen LogP contribution in [0.15, 0.2) is 5.10 Å². The normalized spacial score (nSPS) is 19.6. The number of nitrogens with two attached hydrogens (primary N) is 1. The molecule has 47 heavy (non-hydrogen) atoms. The number of nitrogens with zero attached hydrogens (tertiary/aromatic N) is 3. The second-order valence-electron chi connectivity index (χ2n) is 14.7. The van der Waals surface area contributed by atoms with Gasteiger partial charge in [-0.1, -0.05) is 58.8 Å². The van der Waals surface area contributed by atoms with Crippen molar-refractivity contribution in [2.45, 2.75) is 161 Å². The number of nitrogens with one attached hydrogen (secondary N) is 3. The summed E-state index contributed by atoms with van der Waals surface area (Å²) in [4.78, 5) is 38.5. The fourth-order valence-corrected chi connectivity index (χ4v) is 6.49. The van der Waals surface area contributed by atoms with Crippen molar-refractivity contribution in [2.24, 2.45) is 28.6 Å². The summed E-state index contributed by atoms with van der Waals surface area (Å²) in [6.45, 7) is 12.3. The van der Waals surface area contributed by atoms with Gasteiger partial charge in [0.1, 0.15) is 11.1 Å². The Labute approximate surface area is 282 Å². The average molecular weight is 662 g/mol. The number of hydrogen-bond donors (Lipinski definition) is 4. The van der Waals surface area contributed by atoms with Crippen LogP contribution in [0.3, 0.4) is 0 Å². The number of carbonyl (C=O) groups excluding carboxylic acids is 2. The van der Waals surface area contributed by atoms with Gasteiger partial charge in [-0.25, -0.2) is 10.1 Å². The largest absolute Gasteiger partial charge is 0.481 e. The highest BCUT2D eigenvalue weighted by atomic mass is 16.7. The maximum Gasteiger partial charge on any atom is 0.481 e. The van der Waals surface area contributed by atoms with Gasteiger partial charge in [-0.05, 0) is 84.5 Å². The molecule has 1 unspecified atom stereocenters. The topological polar surface area (TPSA) is 194 Å². The average Bonchev–Trinajstić information content (AvgIpc) is 3.58. The number of hydrazone groups is 1. The fraction of sp³-hybridized carbons (Fsp3) is 0.879. The lowest BCUT2D eigenvalue weighted by Gasteiger charge is -2.32. The maximum absolute atomic E-state index is 14.0. The molecule has 0 radical (unpaired) electrons. The molecule has 0 aromatic carbocycles. The van der Waals surface area contributed by atoms with E-state index in [1.54, 1.807) is 0 Å². The number of amides is 2. The number of hydrogen-bond acceptors (Lipinski definition) is 7. The van der Waals surface area contributed by atoms with Crippen LogP contribution >= 0.6 is 0 Å². The van der Waals surface area contributed by atoms with E-state index in [4.69, 9.17) is 20.3 Å². The first-order valence-corrected chi connectivity index (χ1v) is 17.7. The van der Waals surface area contributed by atoms with Crippen LogP contribution in [-0.4, -0.2) is 59.7 Å². The molecular weight excluding hydrogens is 601 g/mol. The summed E-state index contributed by atoms with van der Waals surface area (Å²) in [5.74, 6) is -0.766. The molecule has 2 aliphatic rings. The summed E-state index contributed by atoms with van der Waals surface area (Å²) in [5, 5.41) is 30.5. The lowest BCUT2D eigenvalue weighted by atomic mass is 9.74. The first-order chi connectivity index (χ1) is 22.2. The van der Waals surface area contributed by atoms with Gasteiger partial charge in [-0.2, -0.15) is 5.26 Å². The summed E-state index contributed by atoms with van der Waals surface area (Å²) in [6.07, 6.45) is 13.1. The van der Waals surface area contributed by atoms with Gasteiger partial charge in [0, 0.05) is 18.9 Å². The van der Waals surface area contributed by atoms with Crippen molar-refractivity contribution in [3.8, 4) is 6.07 Å². The van der Waals surface area contributed by atoms with Crippen molar-refractivity contribution in [1.82, 2.24) is 16.0 Å². The summed E-state index contributed by atoms with van der Waals surface area (Å²) in [7, 11) is -0.645. The van der Waals surface area contributed by atoms with Crippen LogP contribution < -0.4 is 21.7 Å². The van der Waals surface area contributed by atoms with Crippen LogP contribution in [0.4, 0.5) is 0 Å². The molecule has 2 rings (SSSR count). The van der Waals surface area contributed by atoms with Crippen molar-refractivity contribution >= 4 is 24.9 Å². The molecule has 1 saturated carbocycles. The minimum absolute atomic E-state index is 0.0931. The summed E-state index contributed by atoms with van der Waals surface area (Å²) in [6, 6.07) is 1.37. The van der Waals surface area contributed by atoms with Crippen molar-refractivity contribution in [3.05, 3.63) is 10.1 Å². The zero-order valence-corrected chi connectivity index (χ0v) is 29.6. The lowest BCUT2D eigenvalue weighted by molar-refractivity contribution is -0.485. The van der Waals surface area contributed by atoms with Gasteiger partial charge in [-0.3, -0.25) is 9.59 Å². The third kappa shape index (κ3) is 14.0. The monoisotopic (exact) mass is 661 g/mol. The zero-order valence-electron chi connectivity index (χ0n) is 29.6. The van der Waals surface area contributed by atoms with Gasteiger partial charge in [-0.15, -0.1) is 0 Å². The molecule has 14 heteroatoms. The maximum atomic E-state index is 14.0. The Morgan fingerprint density at radius 2 is 1.57 bits per heavy atom. The number of nitriles is 1. The first kappa shape index (κ1) is 40.3. The van der Waals surface area contributed by atoms with Gasteiger partial charge in [0.05, 0.1) is 23.2 Å². The van der Waals surface area contributed by atoms with Crippen molar-refractivity contribution in [1.29, 1.82) is 5.26 Å². The van der Waals surface area contributed by atoms with E-state index in [0.717, 1.165) is 70.6 Å². The second kappa shape index (κ2) is 19.8. The molecule has 0 bridgehead atoms. The Hall–Kier alpha value is -2.92. The van der Waals surface area contributed by atoms with Crippen LogP contribution in [0.25, 0.3) is 0 Å². The molecule has 5 N–H and O–H groups in total. The summed E-state index contributed by atoms with van der Waals surface area (Å²) >= 11 is 0. The molecule has 1 aliphatic carbocycles. The van der Waals surface area contributed by atoms with E-state index in [1.165, 1.54) is 0 Å². The molecular formula is C33H60BN7O6. The Bertz CT molecular complexity index is 1060. The number of nitro groups is 1. The second-order valence-corrected chi connectivity index (χ2v) is 14.7. The van der Waals surface area contributed by atoms with Gasteiger partial charge >= 0.3 is 7.12 Å². The van der Waals surface area contributed by atoms with Crippen LogP contribution in [0.1, 0.15) is 138 Å². The highest BCUT2D eigenvalue weighted by Crippen LogP contribution is 2.38. The fourth-order valence-electron chi connectivity index (χ4n) is 6.49. The molecule has 0 aromatic heterocycles. The molecule has 1 saturated heterocycles. The Morgan fingerprint density at radius 1 is 0.979 bits per heavy atom. The van der Waals surface area contributed by atoms with Gasteiger partial charge in [0.15, 0.2) is 5.03 Å². The highest BCUT2D eigenvalue weighted by Gasteiger charge is 2.54. The smallest absolute Gasteiger partial charge is 0.402 e. The van der Waals surface area contributed by atoms with Crippen molar-refractivity contribution < 1.29 is 23.9 Å². The summed E-state index contributed by atoms with van der Waals surface area (Å²) < 4.78 is 12.6. The predicted octanol–water partition coefficient (Wildman–Crippen LogP) is 4.96. The number of rotatable bonds is 21. The third-order valence-electron chi connectivity index (χ3n) is 9.81. The van der Waals surface area contributed by atoms with Gasteiger partial charge < -0.3 is 31.0 Å². The number of guanidine groups is 1. The molecule has 0 aromatic rings. The van der Waals surface area contributed by atoms with Crippen molar-refractivity contribution in [3.63, 3.8) is 0 Å². The first-order valence-electron chi connectivity index (χ1n) is 17.7. The van der Waals surface area contributed by atoms with Gasteiger partial charge in [0.2, 0.25) is 11.8 Å². The van der Waals surface area contributed by atoms with Crippen LogP contribution in [0.5, 0.6) is 0 Å². The minimum Gasteiger partial charge on any atom is -0.402 e. The molecule has 3 atom stereocenters. The molecule has 13 nitrogen and oxygen atoms in total. The standard InChI is InChI=1S/C33H60BN7O6/c1-24(2)23-28(34-46-32(3,4)33(5,6)47-34)39-30(43)27(20-16-22-37-31(36)40-41(44)45)38-29(42)26(25-17-13-14-18-25)19-12-10-8-7-9-11-15-21-35/h24-28H,7-20,22-23H2,1-6H3,(H,38,42)(H,39,43)(H3,36,37,40)/t26?,27-,28-/m0/s1. The predicted molar refractivity (Wildman–Crippen MR) is 183 cm³/mol. The third-order valence-corrected chi connectivity index (χ3v) is 9.81.